The Kier molecular flexibility index (Phi) is 2.91. The standard InChI is InChI=1S/C10H17NO5/c1-10(2)15-6-5-14-8(7(6)16-10)9(12)11(3)13-4/h6-8H,5H2,1-4H3/t6-,7-,8-/m0/s1. The molecule has 6 heteroatoms. The minimum absolute atomic E-state index is 0.172. The lowest BCUT2D eigenvalue weighted by molar-refractivity contribution is -0.198. The molecule has 0 aromatic carbocycles. The van der Waals surface area contributed by atoms with Crippen LogP contribution in [0.3, 0.4) is 0 Å². The second-order valence-electron chi connectivity index (χ2n) is 4.41. The van der Waals surface area contributed by atoms with Crippen molar-refractivity contribution in [3.05, 3.63) is 0 Å². The number of hydrogen-bond donors (Lipinski definition) is 0. The molecule has 0 aromatic rings. The summed E-state index contributed by atoms with van der Waals surface area (Å²) >= 11 is 0. The lowest BCUT2D eigenvalue weighted by atomic mass is 10.1. The van der Waals surface area contributed by atoms with Crippen molar-refractivity contribution in [2.75, 3.05) is 20.8 Å². The van der Waals surface area contributed by atoms with Gasteiger partial charge in [0, 0.05) is 7.05 Å². The molecular weight excluding hydrogens is 214 g/mol. The largest absolute Gasteiger partial charge is 0.363 e. The van der Waals surface area contributed by atoms with Gasteiger partial charge in [-0.2, -0.15) is 0 Å². The van der Waals surface area contributed by atoms with Gasteiger partial charge in [0.2, 0.25) is 0 Å². The summed E-state index contributed by atoms with van der Waals surface area (Å²) in [5.74, 6) is -0.903. The van der Waals surface area contributed by atoms with Crippen molar-refractivity contribution in [1.82, 2.24) is 5.06 Å². The van der Waals surface area contributed by atoms with Crippen LogP contribution in [-0.2, 0) is 23.8 Å². The van der Waals surface area contributed by atoms with E-state index >= 15 is 0 Å². The number of fused-ring (bicyclic) bond motifs is 1. The molecule has 0 aromatic heterocycles. The molecule has 2 aliphatic rings. The number of likely N-dealkylation sites (N-methyl/N-ethyl adjacent to an activating group) is 1. The van der Waals surface area contributed by atoms with Crippen molar-refractivity contribution in [3.8, 4) is 0 Å². The molecule has 2 fully saturated rings. The van der Waals surface area contributed by atoms with Gasteiger partial charge in [-0.1, -0.05) is 0 Å². The molecule has 0 unspecified atom stereocenters. The third-order valence-electron chi connectivity index (χ3n) is 2.79. The molecule has 3 atom stereocenters. The van der Waals surface area contributed by atoms with Crippen molar-refractivity contribution in [3.63, 3.8) is 0 Å². The maximum atomic E-state index is 11.9. The van der Waals surface area contributed by atoms with Crippen molar-refractivity contribution in [2.24, 2.45) is 0 Å². The summed E-state index contributed by atoms with van der Waals surface area (Å²) < 4.78 is 16.6. The molecule has 0 N–H and O–H groups in total. The fraction of sp³-hybridized carbons (Fsp3) is 0.900. The van der Waals surface area contributed by atoms with E-state index in [2.05, 4.69) is 0 Å². The summed E-state index contributed by atoms with van der Waals surface area (Å²) in [5, 5.41) is 1.14. The highest BCUT2D eigenvalue weighted by Crippen LogP contribution is 2.35. The van der Waals surface area contributed by atoms with Crippen LogP contribution in [0.1, 0.15) is 13.8 Å². The van der Waals surface area contributed by atoms with Gasteiger partial charge >= 0.3 is 0 Å². The van der Waals surface area contributed by atoms with Crippen LogP contribution in [0.25, 0.3) is 0 Å². The molecule has 6 nitrogen and oxygen atoms in total. The highest BCUT2D eigenvalue weighted by molar-refractivity contribution is 5.81. The average molecular weight is 231 g/mol. The van der Waals surface area contributed by atoms with Crippen molar-refractivity contribution < 1.29 is 23.8 Å². The van der Waals surface area contributed by atoms with E-state index in [1.54, 1.807) is 7.05 Å². The summed E-state index contributed by atoms with van der Waals surface area (Å²) in [7, 11) is 2.97. The van der Waals surface area contributed by atoms with Crippen molar-refractivity contribution >= 4 is 5.91 Å². The van der Waals surface area contributed by atoms with Crippen LogP contribution >= 0.6 is 0 Å². The number of hydroxylamine groups is 2. The van der Waals surface area contributed by atoms with Crippen LogP contribution in [0.4, 0.5) is 0 Å². The first kappa shape index (κ1) is 11.8. The zero-order chi connectivity index (χ0) is 11.9. The Morgan fingerprint density at radius 3 is 2.75 bits per heavy atom. The van der Waals surface area contributed by atoms with E-state index in [9.17, 15) is 4.79 Å². The molecule has 2 aliphatic heterocycles. The fourth-order valence-electron chi connectivity index (χ4n) is 2.02. The molecule has 92 valence electrons. The number of carbonyl (C=O) groups excluding carboxylic acids is 1. The highest BCUT2D eigenvalue weighted by Gasteiger charge is 2.53. The molecule has 16 heavy (non-hydrogen) atoms. The molecule has 0 radical (unpaired) electrons. The van der Waals surface area contributed by atoms with Gasteiger partial charge < -0.3 is 14.2 Å². The first-order valence-electron chi connectivity index (χ1n) is 5.23. The number of nitrogens with zero attached hydrogens (tertiary/aromatic N) is 1. The number of rotatable bonds is 2. The SMILES string of the molecule is CON(C)C(=O)[C@H]1OC[C@@H]2OC(C)(C)O[C@@H]21. The molecule has 1 amide bonds. The first-order chi connectivity index (χ1) is 7.44. The topological polar surface area (TPSA) is 57.2 Å². The second kappa shape index (κ2) is 3.96. The first-order valence-corrected chi connectivity index (χ1v) is 5.23. The number of carbonyl (C=O) groups is 1. The van der Waals surface area contributed by atoms with Gasteiger partial charge in [0.15, 0.2) is 11.9 Å². The lowest BCUT2D eigenvalue weighted by Gasteiger charge is -2.23. The number of ether oxygens (including phenoxy) is 3. The average Bonchev–Trinajstić information content (AvgIpc) is 2.70. The van der Waals surface area contributed by atoms with Gasteiger partial charge in [0.1, 0.15) is 12.2 Å². The predicted molar refractivity (Wildman–Crippen MR) is 53.3 cm³/mol. The van der Waals surface area contributed by atoms with E-state index in [0.29, 0.717) is 6.61 Å². The second-order valence-corrected chi connectivity index (χ2v) is 4.41. The Morgan fingerprint density at radius 1 is 1.44 bits per heavy atom. The summed E-state index contributed by atoms with van der Waals surface area (Å²) in [6, 6.07) is 0. The zero-order valence-corrected chi connectivity index (χ0v) is 9.93. The van der Waals surface area contributed by atoms with Crippen LogP contribution in [0.15, 0.2) is 0 Å². The van der Waals surface area contributed by atoms with Crippen LogP contribution < -0.4 is 0 Å². The molecule has 2 saturated heterocycles. The molecule has 2 heterocycles. The minimum atomic E-state index is -0.650. The normalized spacial score (nSPS) is 36.1. The Labute approximate surface area is 94.3 Å². The molecule has 0 aliphatic carbocycles. The van der Waals surface area contributed by atoms with Gasteiger partial charge in [-0.15, -0.1) is 0 Å². The lowest BCUT2D eigenvalue weighted by Crippen LogP contribution is -2.43. The molecular formula is C10H17NO5. The summed E-state index contributed by atoms with van der Waals surface area (Å²) in [5.41, 5.74) is 0. The molecule has 0 spiro atoms. The van der Waals surface area contributed by atoms with Crippen molar-refractivity contribution in [1.29, 1.82) is 0 Å². The highest BCUT2D eigenvalue weighted by atomic mass is 16.8. The third kappa shape index (κ3) is 1.93. The molecule has 2 rings (SSSR count). The van der Waals surface area contributed by atoms with E-state index in [0.717, 1.165) is 5.06 Å². The number of hydrogen-bond acceptors (Lipinski definition) is 5. The van der Waals surface area contributed by atoms with E-state index in [1.165, 1.54) is 7.11 Å². The van der Waals surface area contributed by atoms with Gasteiger partial charge in [0.05, 0.1) is 13.7 Å². The van der Waals surface area contributed by atoms with Crippen LogP contribution in [0, 0.1) is 0 Å². The van der Waals surface area contributed by atoms with Gasteiger partial charge in [0.25, 0.3) is 5.91 Å². The maximum absolute atomic E-state index is 11.9. The molecule has 0 saturated carbocycles. The van der Waals surface area contributed by atoms with E-state index in [-0.39, 0.29) is 18.1 Å². The quantitative estimate of drug-likeness (QED) is 0.622. The van der Waals surface area contributed by atoms with Crippen molar-refractivity contribution in [2.45, 2.75) is 37.9 Å². The maximum Gasteiger partial charge on any atom is 0.277 e. The minimum Gasteiger partial charge on any atom is -0.363 e. The van der Waals surface area contributed by atoms with E-state index in [1.807, 2.05) is 13.8 Å². The fourth-order valence-corrected chi connectivity index (χ4v) is 2.02. The Morgan fingerprint density at radius 2 is 2.12 bits per heavy atom. The van der Waals surface area contributed by atoms with Crippen LogP contribution in [0.2, 0.25) is 0 Å². The Balaban J connectivity index is 2.06. The van der Waals surface area contributed by atoms with Gasteiger partial charge in [-0.25, -0.2) is 5.06 Å². The van der Waals surface area contributed by atoms with E-state index in [4.69, 9.17) is 19.0 Å². The third-order valence-corrected chi connectivity index (χ3v) is 2.79. The summed E-state index contributed by atoms with van der Waals surface area (Å²) in [6.07, 6.45) is -1.16. The Hall–Kier alpha value is -0.690. The zero-order valence-electron chi connectivity index (χ0n) is 9.93. The van der Waals surface area contributed by atoms with E-state index < -0.39 is 11.9 Å². The Bertz CT molecular complexity index is 293. The summed E-state index contributed by atoms with van der Waals surface area (Å²) in [6.45, 7) is 4.03. The monoisotopic (exact) mass is 231 g/mol. The smallest absolute Gasteiger partial charge is 0.277 e. The summed E-state index contributed by atoms with van der Waals surface area (Å²) in [4.78, 5) is 16.7. The molecule has 0 bridgehead atoms. The van der Waals surface area contributed by atoms with Crippen LogP contribution in [0.5, 0.6) is 0 Å². The van der Waals surface area contributed by atoms with Crippen LogP contribution in [-0.4, -0.2) is 55.8 Å². The van der Waals surface area contributed by atoms with Gasteiger partial charge in [-0.05, 0) is 13.8 Å². The number of amides is 1. The van der Waals surface area contributed by atoms with Gasteiger partial charge in [-0.3, -0.25) is 9.63 Å². The predicted octanol–water partition coefficient (Wildman–Crippen LogP) is -0.0749.